The second-order valence-corrected chi connectivity index (χ2v) is 8.41. The van der Waals surface area contributed by atoms with Gasteiger partial charge in [0.15, 0.2) is 0 Å². The average Bonchev–Trinajstić information content (AvgIpc) is 2.38. The van der Waals surface area contributed by atoms with Crippen LogP contribution in [0.2, 0.25) is 0 Å². The zero-order chi connectivity index (χ0) is 17.0. The van der Waals surface area contributed by atoms with Gasteiger partial charge < -0.3 is 9.11 Å². The van der Waals surface area contributed by atoms with Crippen LogP contribution in [0.4, 0.5) is 0 Å². The molecule has 0 saturated heterocycles. The average molecular weight is 512 g/mol. The third kappa shape index (κ3) is 8.94. The Morgan fingerprint density at radius 2 is 0.826 bits per heavy atom. The molecule has 0 spiro atoms. The van der Waals surface area contributed by atoms with E-state index >= 15 is 0 Å². The summed E-state index contributed by atoms with van der Waals surface area (Å²) in [5.74, 6) is 0. The molecule has 2 aromatic carbocycles. The molecule has 6 nitrogen and oxygen atoms in total. The van der Waals surface area contributed by atoms with Crippen molar-refractivity contribution in [3.8, 4) is 0 Å². The summed E-state index contributed by atoms with van der Waals surface area (Å²) in [7, 11) is -8.58. The zero-order valence-corrected chi connectivity index (χ0v) is 18.4. The molecule has 0 atom stereocenters. The first kappa shape index (κ1) is 23.5. The Morgan fingerprint density at radius 1 is 0.609 bits per heavy atom. The van der Waals surface area contributed by atoms with Gasteiger partial charge in [0.1, 0.15) is 20.2 Å². The second-order valence-electron chi connectivity index (χ2n) is 3.82. The van der Waals surface area contributed by atoms with Crippen LogP contribution in [0.5, 0.6) is 0 Å². The van der Waals surface area contributed by atoms with Crippen molar-refractivity contribution >= 4 is 89.8 Å². The van der Waals surface area contributed by atoms with Crippen LogP contribution in [-0.2, 0) is 20.2 Å². The predicted octanol–water partition coefficient (Wildman–Crippen LogP) is 2.33. The van der Waals surface area contributed by atoms with E-state index < -0.39 is 20.2 Å². The minimum atomic E-state index is -4.29. The summed E-state index contributed by atoms with van der Waals surface area (Å²) < 4.78 is 63.7. The van der Waals surface area contributed by atoms with Gasteiger partial charge in [-0.3, -0.25) is 0 Å². The van der Waals surface area contributed by atoms with Gasteiger partial charge in [0.05, 0.1) is 9.79 Å². The van der Waals surface area contributed by atoms with Crippen LogP contribution in [0.3, 0.4) is 0 Å². The number of hydrogen-bond acceptors (Lipinski definition) is 6. The predicted molar refractivity (Wildman–Crippen MR) is 90.0 cm³/mol. The fraction of sp³-hybridized carbons (Fsp3) is 0. The molecule has 0 saturated carbocycles. The molecule has 11 heteroatoms. The number of benzene rings is 2. The molecule has 2 aromatic rings. The second kappa shape index (κ2) is 9.83. The van der Waals surface area contributed by atoms with Gasteiger partial charge in [0.2, 0.25) is 0 Å². The van der Waals surface area contributed by atoms with Gasteiger partial charge in [-0.05, 0) is 48.5 Å². The molecular formula is C12H8Br2CaO6S2. The van der Waals surface area contributed by atoms with Crippen molar-refractivity contribution in [2.45, 2.75) is 9.79 Å². The van der Waals surface area contributed by atoms with E-state index in [0.717, 1.165) is 8.95 Å². The summed E-state index contributed by atoms with van der Waals surface area (Å²) in [4.78, 5) is -0.415. The van der Waals surface area contributed by atoms with Gasteiger partial charge in [-0.2, -0.15) is 0 Å². The van der Waals surface area contributed by atoms with Gasteiger partial charge in [-0.15, -0.1) is 0 Å². The van der Waals surface area contributed by atoms with E-state index in [0.29, 0.717) is 0 Å². The molecule has 0 aliphatic carbocycles. The molecule has 2 rings (SSSR count). The molecule has 0 fully saturated rings. The molecule has 0 bridgehead atoms. The van der Waals surface area contributed by atoms with E-state index in [-0.39, 0.29) is 47.5 Å². The van der Waals surface area contributed by atoms with E-state index in [1.165, 1.54) is 48.5 Å². The Bertz CT molecular complexity index is 761. The molecule has 23 heavy (non-hydrogen) atoms. The smallest absolute Gasteiger partial charge is 0.744 e. The Kier molecular flexibility index (Phi) is 10.0. The topological polar surface area (TPSA) is 114 Å². The van der Waals surface area contributed by atoms with Crippen LogP contribution >= 0.6 is 31.9 Å². The molecule has 0 radical (unpaired) electrons. The zero-order valence-electron chi connectivity index (χ0n) is 11.3. The van der Waals surface area contributed by atoms with Gasteiger partial charge in [0.25, 0.3) is 0 Å². The normalized spacial score (nSPS) is 11.0. The van der Waals surface area contributed by atoms with Crippen molar-refractivity contribution in [2.75, 3.05) is 0 Å². The SMILES string of the molecule is O=S(=O)([O-])c1ccc(Br)cc1.O=S(=O)([O-])c1ccc(Br)cc1.[Ca+2]. The maximum Gasteiger partial charge on any atom is 2.00 e. The van der Waals surface area contributed by atoms with Gasteiger partial charge in [-0.1, -0.05) is 31.9 Å². The summed E-state index contributed by atoms with van der Waals surface area (Å²) in [5, 5.41) is 0. The molecule has 0 unspecified atom stereocenters. The first-order valence-corrected chi connectivity index (χ1v) is 9.83. The summed E-state index contributed by atoms with van der Waals surface area (Å²) >= 11 is 6.23. The van der Waals surface area contributed by atoms with Crippen molar-refractivity contribution in [1.82, 2.24) is 0 Å². The molecule has 0 N–H and O–H groups in total. The maximum absolute atomic E-state index is 10.4. The standard InChI is InChI=1S/2C6H5BrO3S.Ca/c2*7-5-1-3-6(4-2-5)11(8,9)10;/h2*1-4H,(H,8,9,10);/q;;+2/p-2. The van der Waals surface area contributed by atoms with E-state index in [2.05, 4.69) is 31.9 Å². The van der Waals surface area contributed by atoms with Crippen LogP contribution in [-0.4, -0.2) is 63.7 Å². The van der Waals surface area contributed by atoms with E-state index in [1.807, 2.05) is 0 Å². The van der Waals surface area contributed by atoms with E-state index in [4.69, 9.17) is 0 Å². The molecular weight excluding hydrogens is 504 g/mol. The maximum atomic E-state index is 10.4. The molecule has 0 aromatic heterocycles. The van der Waals surface area contributed by atoms with Crippen LogP contribution < -0.4 is 0 Å². The monoisotopic (exact) mass is 510 g/mol. The number of hydrogen-bond donors (Lipinski definition) is 0. The first-order chi connectivity index (χ1) is 10.00. The van der Waals surface area contributed by atoms with Crippen molar-refractivity contribution < 1.29 is 25.9 Å². The van der Waals surface area contributed by atoms with E-state index in [1.54, 1.807) is 0 Å². The Balaban J connectivity index is 0.000000403. The Morgan fingerprint density at radius 3 is 1.00 bits per heavy atom. The quantitative estimate of drug-likeness (QED) is 0.451. The van der Waals surface area contributed by atoms with Crippen molar-refractivity contribution in [1.29, 1.82) is 0 Å². The fourth-order valence-electron chi connectivity index (χ4n) is 1.20. The molecule has 0 aliphatic rings. The number of halogens is 2. The fourth-order valence-corrected chi connectivity index (χ4v) is 2.67. The molecule has 120 valence electrons. The van der Waals surface area contributed by atoms with Crippen molar-refractivity contribution in [3.63, 3.8) is 0 Å². The summed E-state index contributed by atoms with van der Waals surface area (Å²) in [5.41, 5.74) is 0. The van der Waals surface area contributed by atoms with Crippen LogP contribution in [0.15, 0.2) is 67.3 Å². The van der Waals surface area contributed by atoms with Gasteiger partial charge in [0, 0.05) is 8.95 Å². The van der Waals surface area contributed by atoms with Crippen LogP contribution in [0.1, 0.15) is 0 Å². The third-order valence-corrected chi connectivity index (χ3v) is 4.96. The van der Waals surface area contributed by atoms with E-state index in [9.17, 15) is 25.9 Å². The van der Waals surface area contributed by atoms with Gasteiger partial charge >= 0.3 is 37.7 Å². The third-order valence-electron chi connectivity index (χ3n) is 2.20. The Labute approximate surface area is 181 Å². The minimum Gasteiger partial charge on any atom is -0.744 e. The molecule has 0 aliphatic heterocycles. The summed E-state index contributed by atoms with van der Waals surface area (Å²) in [6.45, 7) is 0. The molecule has 0 heterocycles. The van der Waals surface area contributed by atoms with Crippen LogP contribution in [0, 0.1) is 0 Å². The number of rotatable bonds is 2. The first-order valence-electron chi connectivity index (χ1n) is 5.43. The summed E-state index contributed by atoms with van der Waals surface area (Å²) in [6, 6.07) is 11.0. The minimum absolute atomic E-state index is 0. The summed E-state index contributed by atoms with van der Waals surface area (Å²) in [6.07, 6.45) is 0. The Hall–Kier alpha value is 0.480. The van der Waals surface area contributed by atoms with Crippen LogP contribution in [0.25, 0.3) is 0 Å². The largest absolute Gasteiger partial charge is 2.00 e. The van der Waals surface area contributed by atoms with Crippen molar-refractivity contribution in [2.24, 2.45) is 0 Å². The van der Waals surface area contributed by atoms with Crippen molar-refractivity contribution in [3.05, 3.63) is 57.5 Å². The molecule has 0 amide bonds. The van der Waals surface area contributed by atoms with Gasteiger partial charge in [-0.25, -0.2) is 16.8 Å².